The van der Waals surface area contributed by atoms with Crippen LogP contribution in [0.1, 0.15) is 34.6 Å². The second-order valence-corrected chi connectivity index (χ2v) is 8.11. The van der Waals surface area contributed by atoms with Crippen molar-refractivity contribution in [3.8, 4) is 0 Å². The molecule has 0 saturated heterocycles. The summed E-state index contributed by atoms with van der Waals surface area (Å²) < 4.78 is 12.9. The number of carbonyl (C=O) groups is 2. The van der Waals surface area contributed by atoms with E-state index in [-0.39, 0.29) is 23.5 Å². The third kappa shape index (κ3) is 6.92. The number of esters is 2. The third-order valence-electron chi connectivity index (χ3n) is 5.44. The molecule has 14 nitrogen and oxygen atoms in total. The predicted octanol–water partition coefficient (Wildman–Crippen LogP) is 4.17. The second kappa shape index (κ2) is 13.4. The molecular formula is C26H30N8O6. The van der Waals surface area contributed by atoms with Gasteiger partial charge < -0.3 is 25.8 Å². The number of carbonyl (C=O) groups excluding carboxylic acids is 2. The lowest BCUT2D eigenvalue weighted by Gasteiger charge is -2.11. The Kier molecular flexibility index (Phi) is 9.78. The van der Waals surface area contributed by atoms with Crippen molar-refractivity contribution in [3.05, 3.63) is 82.2 Å². The molecule has 4 rings (SSSR count). The summed E-state index contributed by atoms with van der Waals surface area (Å²) in [5, 5.41) is 25.0. The lowest BCUT2D eigenvalue weighted by molar-refractivity contribution is -0.383. The highest BCUT2D eigenvalue weighted by Gasteiger charge is 2.21. The number of ether oxygens (including phenoxy) is 2. The van der Waals surface area contributed by atoms with Crippen LogP contribution >= 0.6 is 0 Å². The smallest absolute Gasteiger partial charge is 0.343 e. The van der Waals surface area contributed by atoms with E-state index in [0.717, 1.165) is 5.69 Å². The Morgan fingerprint density at radius 2 is 1.30 bits per heavy atom. The molecular weight excluding hydrogens is 520 g/mol. The molecule has 2 aromatic heterocycles. The van der Waals surface area contributed by atoms with Gasteiger partial charge in [-0.05, 0) is 32.0 Å². The van der Waals surface area contributed by atoms with Crippen molar-refractivity contribution in [3.63, 3.8) is 0 Å². The van der Waals surface area contributed by atoms with Crippen LogP contribution in [0, 0.1) is 10.1 Å². The van der Waals surface area contributed by atoms with Gasteiger partial charge in [0.1, 0.15) is 28.5 Å². The van der Waals surface area contributed by atoms with E-state index in [4.69, 9.17) is 15.2 Å². The molecule has 0 aliphatic rings. The Bertz CT molecular complexity index is 1500. The monoisotopic (exact) mass is 550 g/mol. The van der Waals surface area contributed by atoms with Crippen molar-refractivity contribution < 1.29 is 24.0 Å². The van der Waals surface area contributed by atoms with Gasteiger partial charge in [-0.3, -0.25) is 19.5 Å². The van der Waals surface area contributed by atoms with E-state index in [1.165, 1.54) is 23.1 Å². The number of hydrogen-bond donors (Lipinski definition) is 3. The van der Waals surface area contributed by atoms with Crippen LogP contribution in [0.25, 0.3) is 0 Å². The molecule has 0 atom stereocenters. The summed E-state index contributed by atoms with van der Waals surface area (Å²) in [4.78, 5) is 34.2. The van der Waals surface area contributed by atoms with Gasteiger partial charge in [-0.15, -0.1) is 0 Å². The first-order chi connectivity index (χ1) is 19.2. The molecule has 2 aromatic carbocycles. The van der Waals surface area contributed by atoms with Crippen LogP contribution in [0.15, 0.2) is 60.9 Å². The van der Waals surface area contributed by atoms with E-state index in [1.807, 2.05) is 18.2 Å². The molecule has 2 heterocycles. The highest BCUT2D eigenvalue weighted by Crippen LogP contribution is 2.29. The summed E-state index contributed by atoms with van der Waals surface area (Å²) in [5.41, 5.74) is 7.97. The molecule has 0 aliphatic carbocycles. The first kappa shape index (κ1) is 29.2. The van der Waals surface area contributed by atoms with Crippen molar-refractivity contribution in [1.82, 2.24) is 19.6 Å². The van der Waals surface area contributed by atoms with Crippen LogP contribution in [0.4, 0.5) is 34.4 Å². The Morgan fingerprint density at radius 3 is 1.77 bits per heavy atom. The fraction of sp³-hybridized carbons (Fsp3) is 0.231. The molecule has 40 heavy (non-hydrogen) atoms. The SMILES string of the molecule is CCOC(=O)c1cnn(C)c1Nc1ccccc1N.CCOC(=O)c1cnn(C)c1Nc1ccccc1[N+](=O)[O-]. The zero-order valence-electron chi connectivity index (χ0n) is 22.5. The number of benzene rings is 2. The number of para-hydroxylation sites is 4. The third-order valence-corrected chi connectivity index (χ3v) is 5.44. The molecule has 0 radical (unpaired) electrons. The number of nitrogens with one attached hydrogen (secondary N) is 2. The highest BCUT2D eigenvalue weighted by molar-refractivity contribution is 5.96. The van der Waals surface area contributed by atoms with Gasteiger partial charge in [-0.1, -0.05) is 24.3 Å². The van der Waals surface area contributed by atoms with Crippen molar-refractivity contribution in [2.24, 2.45) is 14.1 Å². The molecule has 0 amide bonds. The molecule has 0 fully saturated rings. The predicted molar refractivity (Wildman–Crippen MR) is 149 cm³/mol. The van der Waals surface area contributed by atoms with Crippen LogP contribution < -0.4 is 16.4 Å². The van der Waals surface area contributed by atoms with Crippen molar-refractivity contribution in [2.45, 2.75) is 13.8 Å². The molecule has 0 unspecified atom stereocenters. The average molecular weight is 551 g/mol. The number of nitrogens with zero attached hydrogens (tertiary/aromatic N) is 5. The zero-order chi connectivity index (χ0) is 29.2. The minimum absolute atomic E-state index is 0.0893. The highest BCUT2D eigenvalue weighted by atomic mass is 16.6. The summed E-state index contributed by atoms with van der Waals surface area (Å²) in [7, 11) is 3.37. The van der Waals surface area contributed by atoms with E-state index in [2.05, 4.69) is 20.8 Å². The Labute approximate surface area is 229 Å². The Hall–Kier alpha value is -5.40. The molecule has 0 saturated carbocycles. The number of hydrogen-bond acceptors (Lipinski definition) is 11. The van der Waals surface area contributed by atoms with Gasteiger partial charge in [0.05, 0.1) is 41.9 Å². The summed E-state index contributed by atoms with van der Waals surface area (Å²) >= 11 is 0. The number of aryl methyl sites for hydroxylation is 2. The summed E-state index contributed by atoms with van der Waals surface area (Å²) in [5.74, 6) is -0.0570. The summed E-state index contributed by atoms with van der Waals surface area (Å²) in [6.07, 6.45) is 2.83. The minimum Gasteiger partial charge on any atom is -0.462 e. The molecule has 0 bridgehead atoms. The van der Waals surface area contributed by atoms with Gasteiger partial charge in [0.2, 0.25) is 0 Å². The maximum atomic E-state index is 11.8. The Balaban J connectivity index is 0.000000222. The first-order valence-electron chi connectivity index (χ1n) is 12.2. The zero-order valence-corrected chi connectivity index (χ0v) is 22.5. The van der Waals surface area contributed by atoms with Gasteiger partial charge in [0.15, 0.2) is 0 Å². The minimum atomic E-state index is -0.535. The maximum Gasteiger partial charge on any atom is 0.343 e. The van der Waals surface area contributed by atoms with E-state index >= 15 is 0 Å². The van der Waals surface area contributed by atoms with Crippen LogP contribution in [0.2, 0.25) is 0 Å². The number of nitro groups is 1. The van der Waals surface area contributed by atoms with Gasteiger partial charge in [0.25, 0.3) is 5.69 Å². The maximum absolute atomic E-state index is 11.8. The van der Waals surface area contributed by atoms with E-state index in [1.54, 1.807) is 56.9 Å². The van der Waals surface area contributed by atoms with Crippen molar-refractivity contribution in [1.29, 1.82) is 0 Å². The topological polar surface area (TPSA) is 181 Å². The van der Waals surface area contributed by atoms with E-state index in [0.29, 0.717) is 29.5 Å². The number of nitro benzene ring substituents is 1. The number of nitrogen functional groups attached to an aromatic ring is 1. The molecule has 0 spiro atoms. The number of anilines is 5. The molecule has 210 valence electrons. The van der Waals surface area contributed by atoms with E-state index in [9.17, 15) is 19.7 Å². The lowest BCUT2D eigenvalue weighted by Crippen LogP contribution is -2.09. The van der Waals surface area contributed by atoms with Gasteiger partial charge in [0, 0.05) is 20.2 Å². The second-order valence-electron chi connectivity index (χ2n) is 8.11. The first-order valence-corrected chi connectivity index (χ1v) is 12.2. The number of rotatable bonds is 9. The molecule has 14 heteroatoms. The lowest BCUT2D eigenvalue weighted by atomic mass is 10.2. The molecule has 4 aromatic rings. The molecule has 4 N–H and O–H groups in total. The summed E-state index contributed by atoms with van der Waals surface area (Å²) in [6.45, 7) is 4.01. The van der Waals surface area contributed by atoms with Gasteiger partial charge in [-0.2, -0.15) is 10.2 Å². The largest absolute Gasteiger partial charge is 0.462 e. The van der Waals surface area contributed by atoms with Gasteiger partial charge in [-0.25, -0.2) is 9.59 Å². The quantitative estimate of drug-likeness (QED) is 0.118. The van der Waals surface area contributed by atoms with Crippen molar-refractivity contribution >= 4 is 46.3 Å². The summed E-state index contributed by atoms with van der Waals surface area (Å²) in [6, 6.07) is 13.5. The Morgan fingerprint density at radius 1 is 0.850 bits per heavy atom. The standard InChI is InChI=1S/C13H14N4O4.C13H16N4O2/c1-3-21-13(18)9-8-14-16(2)12(9)15-10-6-4-5-7-11(10)17(19)20;1-3-19-13(18)9-8-15-17(2)12(9)16-11-7-5-4-6-10(11)14/h4-8,15H,3H2,1-2H3;4-8,16H,3,14H2,1-2H3. The fourth-order valence-corrected chi connectivity index (χ4v) is 3.49. The average Bonchev–Trinajstić information content (AvgIpc) is 3.48. The normalized spacial score (nSPS) is 10.2. The molecule has 0 aliphatic heterocycles. The van der Waals surface area contributed by atoms with Crippen molar-refractivity contribution in [2.75, 3.05) is 29.6 Å². The van der Waals surface area contributed by atoms with Crippen LogP contribution in [0.3, 0.4) is 0 Å². The van der Waals surface area contributed by atoms with Crippen LogP contribution in [0.5, 0.6) is 0 Å². The van der Waals surface area contributed by atoms with Crippen LogP contribution in [-0.2, 0) is 23.6 Å². The van der Waals surface area contributed by atoms with E-state index < -0.39 is 16.9 Å². The number of nitrogens with two attached hydrogens (primary N) is 1. The van der Waals surface area contributed by atoms with Gasteiger partial charge >= 0.3 is 11.9 Å². The van der Waals surface area contributed by atoms with Crippen LogP contribution in [-0.4, -0.2) is 49.6 Å². The fourth-order valence-electron chi connectivity index (χ4n) is 3.49. The number of aromatic nitrogens is 4.